The summed E-state index contributed by atoms with van der Waals surface area (Å²) in [6.45, 7) is 5.07. The van der Waals surface area contributed by atoms with Crippen molar-refractivity contribution in [3.63, 3.8) is 0 Å². The van der Waals surface area contributed by atoms with Crippen LogP contribution in [0, 0.1) is 0 Å². The molecule has 0 N–H and O–H groups in total. The van der Waals surface area contributed by atoms with Crippen LogP contribution in [0.5, 0.6) is 0 Å². The third kappa shape index (κ3) is 9.76. The van der Waals surface area contributed by atoms with E-state index in [4.69, 9.17) is 18.9 Å². The van der Waals surface area contributed by atoms with Crippen molar-refractivity contribution < 1.29 is 18.9 Å². The molecule has 0 aromatic heterocycles. The molecule has 0 heterocycles. The van der Waals surface area contributed by atoms with Gasteiger partial charge in [-0.15, -0.1) is 0 Å². The molecule has 1 atom stereocenters. The van der Waals surface area contributed by atoms with E-state index in [0.717, 1.165) is 0 Å². The summed E-state index contributed by atoms with van der Waals surface area (Å²) in [6.07, 6.45) is 0.118. The third-order valence-electron chi connectivity index (χ3n) is 1.47. The zero-order valence-corrected chi connectivity index (χ0v) is 8.75. The molecule has 0 aliphatic rings. The first kappa shape index (κ1) is 12.8. The van der Waals surface area contributed by atoms with Crippen LogP contribution in [-0.2, 0) is 18.9 Å². The molecule has 0 unspecified atom stereocenters. The van der Waals surface area contributed by atoms with Crippen LogP contribution in [-0.4, -0.2) is 53.4 Å². The molecule has 0 saturated carbocycles. The fourth-order valence-electron chi connectivity index (χ4n) is 0.772. The highest BCUT2D eigenvalue weighted by Crippen LogP contribution is 1.91. The van der Waals surface area contributed by atoms with Crippen LogP contribution in [0.25, 0.3) is 0 Å². The first-order valence-corrected chi connectivity index (χ1v) is 4.48. The second kappa shape index (κ2) is 9.92. The Morgan fingerprint density at radius 2 is 1.54 bits per heavy atom. The van der Waals surface area contributed by atoms with Crippen molar-refractivity contribution >= 4 is 0 Å². The van der Waals surface area contributed by atoms with Crippen LogP contribution in [0.4, 0.5) is 0 Å². The quantitative estimate of drug-likeness (QED) is 0.504. The standard InChI is InChI=1S/C9H20O4/c1-9(13-7-5-11-3)8-12-6-4-10-2/h9H,4-8H2,1-3H3/t9-/m0/s1. The van der Waals surface area contributed by atoms with E-state index in [1.54, 1.807) is 14.2 Å². The van der Waals surface area contributed by atoms with Gasteiger partial charge in [-0.2, -0.15) is 0 Å². The molecule has 0 spiro atoms. The molecular formula is C9H20O4. The van der Waals surface area contributed by atoms with Gasteiger partial charge in [-0.1, -0.05) is 0 Å². The summed E-state index contributed by atoms with van der Waals surface area (Å²) in [5, 5.41) is 0. The zero-order valence-electron chi connectivity index (χ0n) is 8.75. The summed E-state index contributed by atoms with van der Waals surface area (Å²) in [5.74, 6) is 0. The fraction of sp³-hybridized carbons (Fsp3) is 1.00. The van der Waals surface area contributed by atoms with Crippen LogP contribution in [0.1, 0.15) is 6.92 Å². The molecule has 0 aromatic carbocycles. The van der Waals surface area contributed by atoms with Gasteiger partial charge < -0.3 is 18.9 Å². The molecule has 0 fully saturated rings. The molecule has 0 aliphatic carbocycles. The lowest BCUT2D eigenvalue weighted by molar-refractivity contribution is -0.0320. The highest BCUT2D eigenvalue weighted by atomic mass is 16.6. The summed E-state index contributed by atoms with van der Waals surface area (Å²) in [5.41, 5.74) is 0. The summed E-state index contributed by atoms with van der Waals surface area (Å²) >= 11 is 0. The maximum Gasteiger partial charge on any atom is 0.0781 e. The molecule has 0 aromatic rings. The summed E-state index contributed by atoms with van der Waals surface area (Å²) in [7, 11) is 3.31. The average Bonchev–Trinajstić information content (AvgIpc) is 2.13. The summed E-state index contributed by atoms with van der Waals surface area (Å²) < 4.78 is 20.3. The molecule has 0 saturated heterocycles. The Morgan fingerprint density at radius 1 is 0.923 bits per heavy atom. The summed E-state index contributed by atoms with van der Waals surface area (Å²) in [6, 6.07) is 0. The topological polar surface area (TPSA) is 36.9 Å². The largest absolute Gasteiger partial charge is 0.382 e. The van der Waals surface area contributed by atoms with Crippen LogP contribution in [0.15, 0.2) is 0 Å². The maximum absolute atomic E-state index is 5.37. The van der Waals surface area contributed by atoms with Crippen LogP contribution >= 0.6 is 0 Å². The second-order valence-electron chi connectivity index (χ2n) is 2.74. The molecule has 0 bridgehead atoms. The number of methoxy groups -OCH3 is 2. The van der Waals surface area contributed by atoms with Gasteiger partial charge in [0, 0.05) is 14.2 Å². The molecule has 0 radical (unpaired) electrons. The predicted octanol–water partition coefficient (Wildman–Crippen LogP) is 0.701. The molecule has 0 aliphatic heterocycles. The van der Waals surface area contributed by atoms with Gasteiger partial charge in [-0.05, 0) is 6.92 Å². The number of hydrogen-bond donors (Lipinski definition) is 0. The Kier molecular flexibility index (Phi) is 9.80. The zero-order chi connectivity index (χ0) is 9.94. The smallest absolute Gasteiger partial charge is 0.0781 e. The van der Waals surface area contributed by atoms with Crippen molar-refractivity contribution in [2.75, 3.05) is 47.3 Å². The Balaban J connectivity index is 3.05. The van der Waals surface area contributed by atoms with Gasteiger partial charge in [0.2, 0.25) is 0 Å². The van der Waals surface area contributed by atoms with E-state index < -0.39 is 0 Å². The average molecular weight is 192 g/mol. The Morgan fingerprint density at radius 3 is 2.15 bits per heavy atom. The maximum atomic E-state index is 5.37. The minimum atomic E-state index is 0.118. The first-order valence-electron chi connectivity index (χ1n) is 4.48. The number of hydrogen-bond acceptors (Lipinski definition) is 4. The Labute approximate surface area is 80.1 Å². The first-order chi connectivity index (χ1) is 6.31. The Bertz CT molecular complexity index is 97.6. The van der Waals surface area contributed by atoms with Crippen molar-refractivity contribution in [3.8, 4) is 0 Å². The van der Waals surface area contributed by atoms with Gasteiger partial charge >= 0.3 is 0 Å². The lowest BCUT2D eigenvalue weighted by Crippen LogP contribution is -2.19. The lowest BCUT2D eigenvalue weighted by atomic mass is 10.4. The van der Waals surface area contributed by atoms with E-state index in [0.29, 0.717) is 33.0 Å². The summed E-state index contributed by atoms with van der Waals surface area (Å²) in [4.78, 5) is 0. The molecule has 13 heavy (non-hydrogen) atoms. The molecule has 0 rings (SSSR count). The monoisotopic (exact) mass is 192 g/mol. The van der Waals surface area contributed by atoms with Crippen molar-refractivity contribution in [3.05, 3.63) is 0 Å². The van der Waals surface area contributed by atoms with Gasteiger partial charge in [0.25, 0.3) is 0 Å². The van der Waals surface area contributed by atoms with E-state index >= 15 is 0 Å². The van der Waals surface area contributed by atoms with Gasteiger partial charge in [0.15, 0.2) is 0 Å². The number of ether oxygens (including phenoxy) is 4. The normalized spacial score (nSPS) is 13.2. The van der Waals surface area contributed by atoms with Crippen molar-refractivity contribution in [1.29, 1.82) is 0 Å². The lowest BCUT2D eigenvalue weighted by Gasteiger charge is -2.12. The highest BCUT2D eigenvalue weighted by molar-refractivity contribution is 4.46. The fourth-order valence-corrected chi connectivity index (χ4v) is 0.772. The van der Waals surface area contributed by atoms with Crippen LogP contribution in [0.2, 0.25) is 0 Å². The number of rotatable bonds is 9. The van der Waals surface area contributed by atoms with Crippen molar-refractivity contribution in [1.82, 2.24) is 0 Å². The minimum Gasteiger partial charge on any atom is -0.382 e. The molecule has 4 nitrogen and oxygen atoms in total. The van der Waals surface area contributed by atoms with Crippen molar-refractivity contribution in [2.24, 2.45) is 0 Å². The van der Waals surface area contributed by atoms with E-state index in [9.17, 15) is 0 Å². The van der Waals surface area contributed by atoms with Crippen LogP contribution < -0.4 is 0 Å². The van der Waals surface area contributed by atoms with Gasteiger partial charge in [0.05, 0.1) is 39.1 Å². The molecular weight excluding hydrogens is 172 g/mol. The highest BCUT2D eigenvalue weighted by Gasteiger charge is 2.00. The molecule has 0 amide bonds. The predicted molar refractivity (Wildman–Crippen MR) is 50.0 cm³/mol. The van der Waals surface area contributed by atoms with Gasteiger partial charge in [-0.3, -0.25) is 0 Å². The van der Waals surface area contributed by atoms with Gasteiger partial charge in [0.1, 0.15) is 0 Å². The van der Waals surface area contributed by atoms with E-state index in [1.165, 1.54) is 0 Å². The van der Waals surface area contributed by atoms with E-state index in [1.807, 2.05) is 6.92 Å². The van der Waals surface area contributed by atoms with Crippen LogP contribution in [0.3, 0.4) is 0 Å². The Hall–Kier alpha value is -0.160. The van der Waals surface area contributed by atoms with E-state index in [-0.39, 0.29) is 6.10 Å². The van der Waals surface area contributed by atoms with Crippen molar-refractivity contribution in [2.45, 2.75) is 13.0 Å². The van der Waals surface area contributed by atoms with E-state index in [2.05, 4.69) is 0 Å². The second-order valence-corrected chi connectivity index (χ2v) is 2.74. The molecule has 80 valence electrons. The third-order valence-corrected chi connectivity index (χ3v) is 1.47. The SMILES string of the molecule is COCCOC[C@H](C)OCCOC. The minimum absolute atomic E-state index is 0.118. The molecule has 4 heteroatoms. The van der Waals surface area contributed by atoms with Gasteiger partial charge in [-0.25, -0.2) is 0 Å².